The Morgan fingerprint density at radius 2 is 1.89 bits per heavy atom. The summed E-state index contributed by atoms with van der Waals surface area (Å²) in [5, 5.41) is 4.12. The molecule has 0 unspecified atom stereocenters. The van der Waals surface area contributed by atoms with Crippen LogP contribution >= 0.6 is 0 Å². The molecule has 0 spiro atoms. The van der Waals surface area contributed by atoms with Crippen LogP contribution in [0.25, 0.3) is 22.3 Å². The Hall–Kier alpha value is -3.95. The highest BCUT2D eigenvalue weighted by molar-refractivity contribution is 5.98. The first-order valence-corrected chi connectivity index (χ1v) is 11.8. The Labute approximate surface area is 208 Å². The van der Waals surface area contributed by atoms with Gasteiger partial charge in [0.1, 0.15) is 11.5 Å². The number of ether oxygens (including phenoxy) is 3. The molecule has 188 valence electrons. The molecule has 4 N–H and O–H groups in total. The predicted octanol–water partition coefficient (Wildman–Crippen LogP) is 5.69. The van der Waals surface area contributed by atoms with Crippen LogP contribution in [-0.2, 0) is 22.5 Å². The van der Waals surface area contributed by atoms with E-state index in [4.69, 9.17) is 19.9 Å². The standard InChI is InChI=1S/C27H29FN4O4/c1-3-20-18(16-35-13-12-34-4-2)6-5-7-22(20)31-25-21-14-23(17-8-10-19(28)11-9-17)32-26(21)30-15-24(25)36-27(29)33/h5-11,14-15H,3-4,12-13,16H2,1-2H3,(H2,29,33)(H2,30,31,32). The zero-order valence-corrected chi connectivity index (χ0v) is 20.3. The number of pyridine rings is 1. The van der Waals surface area contributed by atoms with Gasteiger partial charge in [-0.3, -0.25) is 0 Å². The summed E-state index contributed by atoms with van der Waals surface area (Å²) in [4.78, 5) is 19.2. The van der Waals surface area contributed by atoms with Crippen molar-refractivity contribution in [2.24, 2.45) is 5.73 Å². The van der Waals surface area contributed by atoms with Crippen LogP contribution in [0.5, 0.6) is 5.75 Å². The maximum Gasteiger partial charge on any atom is 0.410 e. The second-order valence-electron chi connectivity index (χ2n) is 8.04. The number of carbonyl (C=O) groups excluding carboxylic acids is 1. The van der Waals surface area contributed by atoms with Crippen molar-refractivity contribution in [2.75, 3.05) is 25.1 Å². The first-order valence-electron chi connectivity index (χ1n) is 11.8. The average Bonchev–Trinajstić information content (AvgIpc) is 3.30. The van der Waals surface area contributed by atoms with Crippen LogP contribution < -0.4 is 15.8 Å². The number of primary amides is 1. The summed E-state index contributed by atoms with van der Waals surface area (Å²) in [7, 11) is 0. The lowest BCUT2D eigenvalue weighted by molar-refractivity contribution is 0.0451. The fourth-order valence-corrected chi connectivity index (χ4v) is 4.04. The minimum Gasteiger partial charge on any atom is -0.407 e. The van der Waals surface area contributed by atoms with E-state index in [1.807, 2.05) is 31.2 Å². The molecule has 0 aliphatic carbocycles. The molecule has 0 aliphatic heterocycles. The minimum atomic E-state index is -0.944. The van der Waals surface area contributed by atoms with Gasteiger partial charge < -0.3 is 30.2 Å². The summed E-state index contributed by atoms with van der Waals surface area (Å²) in [6.45, 7) is 6.16. The highest BCUT2D eigenvalue weighted by atomic mass is 19.1. The van der Waals surface area contributed by atoms with Gasteiger partial charge in [-0.15, -0.1) is 0 Å². The van der Waals surface area contributed by atoms with Crippen LogP contribution in [0.3, 0.4) is 0 Å². The third kappa shape index (κ3) is 5.81. The normalized spacial score (nSPS) is 11.1. The minimum absolute atomic E-state index is 0.195. The zero-order chi connectivity index (χ0) is 25.5. The summed E-state index contributed by atoms with van der Waals surface area (Å²) in [5.41, 5.74) is 10.9. The van der Waals surface area contributed by atoms with Gasteiger partial charge in [0, 0.05) is 23.4 Å². The van der Waals surface area contributed by atoms with Crippen molar-refractivity contribution in [2.45, 2.75) is 26.9 Å². The Bertz CT molecular complexity index is 1340. The van der Waals surface area contributed by atoms with Crippen molar-refractivity contribution in [1.82, 2.24) is 9.97 Å². The summed E-state index contributed by atoms with van der Waals surface area (Å²) < 4.78 is 29.8. The highest BCUT2D eigenvalue weighted by Crippen LogP contribution is 2.38. The smallest absolute Gasteiger partial charge is 0.407 e. The molecule has 0 fully saturated rings. The SMILES string of the molecule is CCOCCOCc1cccc(Nc2c(OC(N)=O)cnc3[nH]c(-c4ccc(F)cc4)cc23)c1CC. The molecule has 4 aromatic rings. The number of rotatable bonds is 11. The summed E-state index contributed by atoms with van der Waals surface area (Å²) in [6, 6.07) is 13.9. The predicted molar refractivity (Wildman–Crippen MR) is 137 cm³/mol. The molecule has 0 saturated heterocycles. The number of aromatic amines is 1. The van der Waals surface area contributed by atoms with Gasteiger partial charge in [0.15, 0.2) is 5.75 Å². The Kier molecular flexibility index (Phi) is 8.14. The van der Waals surface area contributed by atoms with Crippen molar-refractivity contribution in [3.63, 3.8) is 0 Å². The van der Waals surface area contributed by atoms with Crippen LogP contribution in [0, 0.1) is 5.82 Å². The van der Waals surface area contributed by atoms with Gasteiger partial charge in [0.2, 0.25) is 0 Å². The summed E-state index contributed by atoms with van der Waals surface area (Å²) in [6.07, 6.45) is 1.24. The van der Waals surface area contributed by atoms with Crippen LogP contribution in [0.15, 0.2) is 54.7 Å². The van der Waals surface area contributed by atoms with Gasteiger partial charge in [0.25, 0.3) is 0 Å². The molecule has 0 radical (unpaired) electrons. The lowest BCUT2D eigenvalue weighted by atomic mass is 10.0. The molecule has 8 nitrogen and oxygen atoms in total. The number of nitrogens with two attached hydrogens (primary N) is 1. The number of nitrogens with one attached hydrogen (secondary N) is 2. The molecular formula is C27H29FN4O4. The molecule has 1 amide bonds. The third-order valence-corrected chi connectivity index (χ3v) is 5.71. The fraction of sp³-hybridized carbons (Fsp3) is 0.259. The molecule has 36 heavy (non-hydrogen) atoms. The van der Waals surface area contributed by atoms with Crippen LogP contribution in [0.1, 0.15) is 25.0 Å². The monoisotopic (exact) mass is 492 g/mol. The van der Waals surface area contributed by atoms with Crippen LogP contribution in [0.2, 0.25) is 0 Å². The number of H-pyrrole nitrogens is 1. The van der Waals surface area contributed by atoms with Gasteiger partial charge in [-0.2, -0.15) is 0 Å². The lowest BCUT2D eigenvalue weighted by Gasteiger charge is -2.17. The van der Waals surface area contributed by atoms with Crippen molar-refractivity contribution < 1.29 is 23.4 Å². The van der Waals surface area contributed by atoms with Crippen molar-refractivity contribution in [1.29, 1.82) is 0 Å². The molecule has 2 aromatic heterocycles. The molecular weight excluding hydrogens is 463 g/mol. The molecule has 0 aliphatic rings. The number of nitrogens with zero attached hydrogens (tertiary/aromatic N) is 1. The zero-order valence-electron chi connectivity index (χ0n) is 20.3. The van der Waals surface area contributed by atoms with E-state index < -0.39 is 6.09 Å². The number of hydrogen-bond donors (Lipinski definition) is 3. The molecule has 0 atom stereocenters. The Balaban J connectivity index is 1.71. The maximum absolute atomic E-state index is 13.4. The summed E-state index contributed by atoms with van der Waals surface area (Å²) in [5.74, 6) is -0.124. The highest BCUT2D eigenvalue weighted by Gasteiger charge is 2.18. The van der Waals surface area contributed by atoms with E-state index in [9.17, 15) is 9.18 Å². The quantitative estimate of drug-likeness (QED) is 0.232. The van der Waals surface area contributed by atoms with Gasteiger partial charge in [-0.25, -0.2) is 14.2 Å². The van der Waals surface area contributed by atoms with E-state index in [0.717, 1.165) is 34.5 Å². The number of amides is 1. The number of halogens is 1. The third-order valence-electron chi connectivity index (χ3n) is 5.71. The molecule has 4 rings (SSSR count). The van der Waals surface area contributed by atoms with Crippen molar-refractivity contribution in [3.05, 3.63) is 71.7 Å². The van der Waals surface area contributed by atoms with Gasteiger partial charge >= 0.3 is 6.09 Å². The Morgan fingerprint density at radius 1 is 1.11 bits per heavy atom. The van der Waals surface area contributed by atoms with E-state index in [0.29, 0.717) is 43.1 Å². The Morgan fingerprint density at radius 3 is 2.61 bits per heavy atom. The van der Waals surface area contributed by atoms with Crippen molar-refractivity contribution >= 4 is 28.5 Å². The molecule has 0 saturated carbocycles. The lowest BCUT2D eigenvalue weighted by Crippen LogP contribution is -2.17. The fourth-order valence-electron chi connectivity index (χ4n) is 4.04. The van der Waals surface area contributed by atoms with E-state index in [1.54, 1.807) is 12.1 Å². The van der Waals surface area contributed by atoms with E-state index >= 15 is 0 Å². The number of fused-ring (bicyclic) bond motifs is 1. The number of anilines is 2. The first-order chi connectivity index (χ1) is 17.5. The number of aromatic nitrogens is 2. The number of benzene rings is 2. The maximum atomic E-state index is 13.4. The van der Waals surface area contributed by atoms with E-state index in [-0.39, 0.29) is 11.6 Å². The second kappa shape index (κ2) is 11.7. The van der Waals surface area contributed by atoms with Gasteiger partial charge in [-0.05, 0) is 66.4 Å². The largest absolute Gasteiger partial charge is 0.410 e. The van der Waals surface area contributed by atoms with Gasteiger partial charge in [-0.1, -0.05) is 19.1 Å². The molecule has 9 heteroatoms. The van der Waals surface area contributed by atoms with Crippen molar-refractivity contribution in [3.8, 4) is 17.0 Å². The molecule has 2 aromatic carbocycles. The average molecular weight is 493 g/mol. The van der Waals surface area contributed by atoms with Crippen LogP contribution in [0.4, 0.5) is 20.6 Å². The molecule has 2 heterocycles. The number of carbonyl (C=O) groups is 1. The second-order valence-corrected chi connectivity index (χ2v) is 8.04. The topological polar surface area (TPSA) is 111 Å². The van der Waals surface area contributed by atoms with Gasteiger partial charge in [0.05, 0.1) is 31.7 Å². The summed E-state index contributed by atoms with van der Waals surface area (Å²) >= 11 is 0. The van der Waals surface area contributed by atoms with E-state index in [2.05, 4.69) is 22.2 Å². The van der Waals surface area contributed by atoms with Crippen LogP contribution in [-0.4, -0.2) is 35.9 Å². The number of hydrogen-bond acceptors (Lipinski definition) is 6. The molecule has 0 bridgehead atoms. The van der Waals surface area contributed by atoms with E-state index in [1.165, 1.54) is 18.3 Å². The first kappa shape index (κ1) is 25.2.